The zero-order chi connectivity index (χ0) is 18.5. The molecule has 1 heterocycles. The Hall–Kier alpha value is -3.33. The number of hydrogen-bond acceptors (Lipinski definition) is 3. The number of para-hydroxylation sites is 2. The van der Waals surface area contributed by atoms with Crippen LogP contribution in [0.3, 0.4) is 0 Å². The molecule has 2 aromatic carbocycles. The van der Waals surface area contributed by atoms with E-state index in [1.165, 1.54) is 4.57 Å². The molecule has 132 valence electrons. The van der Waals surface area contributed by atoms with Gasteiger partial charge in [-0.3, -0.25) is 13.9 Å². The molecule has 0 fully saturated rings. The molecule has 3 rings (SSSR count). The first-order chi connectivity index (χ1) is 12.6. The van der Waals surface area contributed by atoms with E-state index >= 15 is 0 Å². The summed E-state index contributed by atoms with van der Waals surface area (Å²) in [4.78, 5) is 25.1. The number of aromatic nitrogens is 2. The van der Waals surface area contributed by atoms with E-state index in [-0.39, 0.29) is 18.1 Å². The van der Waals surface area contributed by atoms with Crippen LogP contribution in [-0.2, 0) is 24.3 Å². The topological polar surface area (TPSA) is 79.8 Å². The Bertz CT molecular complexity index is 1020. The van der Waals surface area contributed by atoms with Gasteiger partial charge in [-0.1, -0.05) is 31.2 Å². The number of anilines is 1. The molecule has 3 aromatic rings. The van der Waals surface area contributed by atoms with Gasteiger partial charge in [0, 0.05) is 12.2 Å². The van der Waals surface area contributed by atoms with Gasteiger partial charge in [0.25, 0.3) is 0 Å². The predicted molar refractivity (Wildman–Crippen MR) is 101 cm³/mol. The maximum Gasteiger partial charge on any atom is 0.329 e. The van der Waals surface area contributed by atoms with Crippen LogP contribution in [0, 0.1) is 11.3 Å². The highest BCUT2D eigenvalue weighted by molar-refractivity contribution is 5.91. The minimum absolute atomic E-state index is 0.0456. The predicted octanol–water partition coefficient (Wildman–Crippen LogP) is 2.92. The molecule has 26 heavy (non-hydrogen) atoms. The molecule has 0 saturated heterocycles. The molecule has 1 amide bonds. The van der Waals surface area contributed by atoms with Crippen LogP contribution >= 0.6 is 0 Å². The number of rotatable bonds is 6. The summed E-state index contributed by atoms with van der Waals surface area (Å²) < 4.78 is 3.21. The van der Waals surface area contributed by atoms with Gasteiger partial charge in [-0.2, -0.15) is 5.26 Å². The van der Waals surface area contributed by atoms with Crippen molar-refractivity contribution in [2.75, 3.05) is 5.32 Å². The van der Waals surface area contributed by atoms with Crippen molar-refractivity contribution < 1.29 is 4.79 Å². The second kappa shape index (κ2) is 7.70. The fourth-order valence-corrected chi connectivity index (χ4v) is 3.01. The number of nitriles is 1. The number of nitrogens with one attached hydrogen (secondary N) is 1. The average Bonchev–Trinajstić information content (AvgIpc) is 2.90. The van der Waals surface area contributed by atoms with Crippen LogP contribution in [0.1, 0.15) is 18.9 Å². The Morgan fingerprint density at radius 3 is 2.35 bits per heavy atom. The number of amides is 1. The molecular formula is C20H20N4O2. The number of hydrogen-bond donors (Lipinski definition) is 1. The lowest BCUT2D eigenvalue weighted by Gasteiger charge is -2.07. The van der Waals surface area contributed by atoms with Gasteiger partial charge in [0.05, 0.1) is 23.5 Å². The third-order valence-electron chi connectivity index (χ3n) is 4.19. The molecule has 1 aromatic heterocycles. The molecule has 1 N–H and O–H groups in total. The highest BCUT2D eigenvalue weighted by Crippen LogP contribution is 2.14. The van der Waals surface area contributed by atoms with Crippen LogP contribution in [0.4, 0.5) is 5.69 Å². The molecule has 6 nitrogen and oxygen atoms in total. The Morgan fingerprint density at radius 2 is 1.73 bits per heavy atom. The first-order valence-electron chi connectivity index (χ1n) is 8.58. The fourth-order valence-electron chi connectivity index (χ4n) is 3.01. The van der Waals surface area contributed by atoms with Crippen molar-refractivity contribution >= 4 is 22.6 Å². The number of aryl methyl sites for hydroxylation is 1. The summed E-state index contributed by atoms with van der Waals surface area (Å²) in [6.07, 6.45) is 1.18. The van der Waals surface area contributed by atoms with E-state index in [1.807, 2.05) is 31.2 Å². The molecule has 0 bridgehead atoms. The molecule has 6 heteroatoms. The number of nitrogens with zero attached hydrogens (tertiary/aromatic N) is 3. The van der Waals surface area contributed by atoms with E-state index in [0.29, 0.717) is 18.7 Å². The van der Waals surface area contributed by atoms with Crippen LogP contribution in [0.5, 0.6) is 0 Å². The number of fused-ring (bicyclic) bond motifs is 1. The van der Waals surface area contributed by atoms with E-state index in [0.717, 1.165) is 23.0 Å². The van der Waals surface area contributed by atoms with Gasteiger partial charge in [-0.25, -0.2) is 4.79 Å². The van der Waals surface area contributed by atoms with Crippen LogP contribution < -0.4 is 11.0 Å². The molecule has 0 saturated carbocycles. The summed E-state index contributed by atoms with van der Waals surface area (Å²) in [6.45, 7) is 2.59. The minimum atomic E-state index is -0.264. The normalized spacial score (nSPS) is 10.6. The van der Waals surface area contributed by atoms with Crippen LogP contribution in [0.25, 0.3) is 11.0 Å². The minimum Gasteiger partial charge on any atom is -0.325 e. The number of carbonyl (C=O) groups excluding carboxylic acids is 1. The summed E-state index contributed by atoms with van der Waals surface area (Å²) in [7, 11) is 0. The van der Waals surface area contributed by atoms with Crippen molar-refractivity contribution in [3.63, 3.8) is 0 Å². The molecule has 0 aliphatic heterocycles. The van der Waals surface area contributed by atoms with Crippen LogP contribution in [0.2, 0.25) is 0 Å². The lowest BCUT2D eigenvalue weighted by molar-refractivity contribution is -0.116. The largest absolute Gasteiger partial charge is 0.329 e. The smallest absolute Gasteiger partial charge is 0.325 e. The number of imidazole rings is 1. The van der Waals surface area contributed by atoms with Crippen molar-refractivity contribution in [1.29, 1.82) is 5.26 Å². The standard InChI is InChI=1S/C20H20N4O2/c1-2-13-23-17-5-3-4-6-18(17)24(20(23)26)14-19(25)22-16-9-7-15(8-10-16)11-12-21/h3-10H,2,11,13-14H2,1H3,(H,22,25). The van der Waals surface area contributed by atoms with Gasteiger partial charge >= 0.3 is 5.69 Å². The second-order valence-electron chi connectivity index (χ2n) is 6.09. The molecule has 0 atom stereocenters. The first kappa shape index (κ1) is 17.5. The van der Waals surface area contributed by atoms with E-state index in [4.69, 9.17) is 5.26 Å². The van der Waals surface area contributed by atoms with E-state index in [2.05, 4.69) is 11.4 Å². The Kier molecular flexibility index (Phi) is 5.18. The Labute approximate surface area is 151 Å². The van der Waals surface area contributed by atoms with Crippen molar-refractivity contribution in [2.45, 2.75) is 32.9 Å². The lowest BCUT2D eigenvalue weighted by atomic mass is 10.1. The zero-order valence-electron chi connectivity index (χ0n) is 14.6. The first-order valence-corrected chi connectivity index (χ1v) is 8.58. The molecule has 0 aliphatic carbocycles. The summed E-state index contributed by atoms with van der Waals surface area (Å²) in [6, 6.07) is 16.7. The summed E-state index contributed by atoms with van der Waals surface area (Å²) in [5, 5.41) is 11.5. The SMILES string of the molecule is CCCn1c(=O)n(CC(=O)Nc2ccc(CC#N)cc2)c2ccccc21. The average molecular weight is 348 g/mol. The lowest BCUT2D eigenvalue weighted by Crippen LogP contribution is -2.29. The summed E-state index contributed by atoms with van der Waals surface area (Å²) in [5.41, 5.74) is 2.96. The quantitative estimate of drug-likeness (QED) is 0.744. The third kappa shape index (κ3) is 3.52. The van der Waals surface area contributed by atoms with Gasteiger partial charge in [-0.15, -0.1) is 0 Å². The summed E-state index contributed by atoms with van der Waals surface area (Å²) in [5.74, 6) is -0.264. The monoisotopic (exact) mass is 348 g/mol. The fraction of sp³-hybridized carbons (Fsp3) is 0.250. The number of carbonyl (C=O) groups is 1. The zero-order valence-corrected chi connectivity index (χ0v) is 14.6. The number of benzene rings is 2. The Balaban J connectivity index is 1.82. The van der Waals surface area contributed by atoms with Crippen molar-refractivity contribution in [1.82, 2.24) is 9.13 Å². The van der Waals surface area contributed by atoms with Crippen molar-refractivity contribution in [3.8, 4) is 6.07 Å². The van der Waals surface area contributed by atoms with Gasteiger partial charge in [0.15, 0.2) is 0 Å². The molecule has 0 unspecified atom stereocenters. The van der Waals surface area contributed by atoms with E-state index in [1.54, 1.807) is 28.8 Å². The molecule has 0 radical (unpaired) electrons. The molecule has 0 spiro atoms. The van der Waals surface area contributed by atoms with Crippen LogP contribution in [0.15, 0.2) is 53.3 Å². The van der Waals surface area contributed by atoms with Crippen LogP contribution in [-0.4, -0.2) is 15.0 Å². The molecular weight excluding hydrogens is 328 g/mol. The van der Waals surface area contributed by atoms with Crippen molar-refractivity contribution in [2.24, 2.45) is 0 Å². The maximum atomic E-state index is 12.7. The summed E-state index contributed by atoms with van der Waals surface area (Å²) >= 11 is 0. The maximum absolute atomic E-state index is 12.7. The third-order valence-corrected chi connectivity index (χ3v) is 4.19. The van der Waals surface area contributed by atoms with Gasteiger partial charge in [0.1, 0.15) is 6.54 Å². The Morgan fingerprint density at radius 1 is 1.08 bits per heavy atom. The van der Waals surface area contributed by atoms with E-state index < -0.39 is 0 Å². The highest BCUT2D eigenvalue weighted by atomic mass is 16.2. The van der Waals surface area contributed by atoms with E-state index in [9.17, 15) is 9.59 Å². The van der Waals surface area contributed by atoms with Gasteiger partial charge in [0.2, 0.25) is 5.91 Å². The van der Waals surface area contributed by atoms with Crippen molar-refractivity contribution in [3.05, 3.63) is 64.6 Å². The van der Waals surface area contributed by atoms with Gasteiger partial charge < -0.3 is 5.32 Å². The van der Waals surface area contributed by atoms with Gasteiger partial charge in [-0.05, 0) is 36.2 Å². The second-order valence-corrected chi connectivity index (χ2v) is 6.09. The highest BCUT2D eigenvalue weighted by Gasteiger charge is 2.14. The molecule has 0 aliphatic rings.